The quantitative estimate of drug-likeness (QED) is 0.446. The van der Waals surface area contributed by atoms with Crippen LogP contribution in [-0.2, 0) is 0 Å². The van der Waals surface area contributed by atoms with Gasteiger partial charge in [0.2, 0.25) is 0 Å². The fraction of sp³-hybridized carbons (Fsp3) is 0.364. The summed E-state index contributed by atoms with van der Waals surface area (Å²) in [7, 11) is 0. The molecule has 14 heavy (non-hydrogen) atoms. The molecule has 0 bridgehead atoms. The zero-order valence-corrected chi connectivity index (χ0v) is 11.7. The molecule has 0 amide bonds. The zero-order valence-electron chi connectivity index (χ0n) is 7.97. The number of ketones is 1. The summed E-state index contributed by atoms with van der Waals surface area (Å²) in [6.45, 7) is 2.08. The number of hydrogen-bond donors (Lipinski definition) is 0. The van der Waals surface area contributed by atoms with E-state index in [-0.39, 0.29) is 10.6 Å². The average molecular weight is 367 g/mol. The van der Waals surface area contributed by atoms with Crippen LogP contribution >= 0.6 is 38.5 Å². The Morgan fingerprint density at radius 3 is 2.86 bits per heavy atom. The van der Waals surface area contributed by atoms with E-state index in [0.29, 0.717) is 0 Å². The van der Waals surface area contributed by atoms with Crippen LogP contribution in [0.25, 0.3) is 0 Å². The Morgan fingerprint density at radius 2 is 2.29 bits per heavy atom. The molecule has 1 aromatic carbocycles. The number of hydrogen-bond acceptors (Lipinski definition) is 1. The third kappa shape index (κ3) is 3.35. The van der Waals surface area contributed by atoms with Crippen molar-refractivity contribution in [1.29, 1.82) is 0 Å². The summed E-state index contributed by atoms with van der Waals surface area (Å²) in [4.78, 5) is 11.8. The van der Waals surface area contributed by atoms with Crippen molar-refractivity contribution in [2.75, 3.05) is 0 Å². The highest BCUT2D eigenvalue weighted by Crippen LogP contribution is 2.16. The molecule has 0 saturated heterocycles. The highest BCUT2D eigenvalue weighted by molar-refractivity contribution is 14.1. The van der Waals surface area contributed by atoms with Crippen LogP contribution in [0, 0.1) is 3.57 Å². The molecule has 0 aromatic heterocycles. The lowest BCUT2D eigenvalue weighted by Gasteiger charge is -2.07. The first kappa shape index (κ1) is 12.2. The molecule has 0 aliphatic rings. The van der Waals surface area contributed by atoms with E-state index in [1.54, 1.807) is 0 Å². The van der Waals surface area contributed by atoms with Gasteiger partial charge < -0.3 is 0 Å². The van der Waals surface area contributed by atoms with Crippen molar-refractivity contribution in [3.8, 4) is 0 Å². The van der Waals surface area contributed by atoms with Crippen LogP contribution in [0.1, 0.15) is 30.1 Å². The van der Waals surface area contributed by atoms with E-state index in [9.17, 15) is 4.79 Å². The Bertz CT molecular complexity index is 325. The van der Waals surface area contributed by atoms with E-state index >= 15 is 0 Å². The molecule has 1 rings (SSSR count). The molecule has 3 heteroatoms. The minimum atomic E-state index is -0.0364. The van der Waals surface area contributed by atoms with Crippen LogP contribution in [0.5, 0.6) is 0 Å². The van der Waals surface area contributed by atoms with E-state index in [1.807, 2.05) is 24.3 Å². The van der Waals surface area contributed by atoms with Crippen LogP contribution in [0.2, 0.25) is 0 Å². The van der Waals surface area contributed by atoms with Crippen LogP contribution in [0.15, 0.2) is 24.3 Å². The minimum absolute atomic E-state index is 0.0364. The summed E-state index contributed by atoms with van der Waals surface area (Å²) in [5, 5.41) is 0. The van der Waals surface area contributed by atoms with Gasteiger partial charge in [-0.3, -0.25) is 4.79 Å². The van der Waals surface area contributed by atoms with Crippen molar-refractivity contribution in [3.05, 3.63) is 33.4 Å². The molecular formula is C11H12BrIO. The normalized spacial score (nSPS) is 12.5. The van der Waals surface area contributed by atoms with E-state index in [2.05, 4.69) is 45.4 Å². The van der Waals surface area contributed by atoms with E-state index < -0.39 is 0 Å². The molecule has 0 heterocycles. The second-order valence-corrected chi connectivity index (χ2v) is 5.48. The number of halogens is 2. The maximum Gasteiger partial charge on any atom is 0.176 e. The summed E-state index contributed by atoms with van der Waals surface area (Å²) in [5.74, 6) is 0.186. The maximum absolute atomic E-state index is 11.8. The first-order valence-electron chi connectivity index (χ1n) is 4.59. The number of benzene rings is 1. The van der Waals surface area contributed by atoms with Crippen molar-refractivity contribution < 1.29 is 4.79 Å². The molecule has 0 radical (unpaired) electrons. The largest absolute Gasteiger partial charge is 0.293 e. The van der Waals surface area contributed by atoms with E-state index in [0.717, 1.165) is 22.0 Å². The number of Topliss-reactive ketones (excluding diaryl/α,β-unsaturated/α-hetero) is 1. The third-order valence-corrected chi connectivity index (χ3v) is 3.48. The van der Waals surface area contributed by atoms with Gasteiger partial charge in [-0.1, -0.05) is 41.4 Å². The molecule has 0 N–H and O–H groups in total. The van der Waals surface area contributed by atoms with Crippen LogP contribution < -0.4 is 0 Å². The average Bonchev–Trinajstić information content (AvgIpc) is 2.17. The second kappa shape index (κ2) is 5.85. The predicted octanol–water partition coefficient (Wildman–Crippen LogP) is 4.04. The van der Waals surface area contributed by atoms with Gasteiger partial charge in [0, 0.05) is 9.13 Å². The molecule has 1 atom stereocenters. The molecular weight excluding hydrogens is 355 g/mol. The molecule has 76 valence electrons. The lowest BCUT2D eigenvalue weighted by molar-refractivity contribution is 0.0988. The Kier molecular flexibility index (Phi) is 5.09. The Balaban J connectivity index is 2.78. The third-order valence-electron chi connectivity index (χ3n) is 1.94. The maximum atomic E-state index is 11.8. The van der Waals surface area contributed by atoms with Gasteiger partial charge in [0.05, 0.1) is 4.83 Å². The Labute approximate surface area is 107 Å². The van der Waals surface area contributed by atoms with E-state index in [1.165, 1.54) is 0 Å². The fourth-order valence-corrected chi connectivity index (χ4v) is 2.47. The summed E-state index contributed by atoms with van der Waals surface area (Å²) in [6.07, 6.45) is 1.91. The van der Waals surface area contributed by atoms with Gasteiger partial charge in [0.15, 0.2) is 5.78 Å². The van der Waals surface area contributed by atoms with Gasteiger partial charge in [0.1, 0.15) is 0 Å². The molecule has 0 saturated carbocycles. The molecule has 1 unspecified atom stereocenters. The zero-order chi connectivity index (χ0) is 10.6. The lowest BCUT2D eigenvalue weighted by Crippen LogP contribution is -2.13. The molecule has 0 spiro atoms. The van der Waals surface area contributed by atoms with Crippen molar-refractivity contribution in [2.45, 2.75) is 24.6 Å². The van der Waals surface area contributed by atoms with Crippen LogP contribution in [0.4, 0.5) is 0 Å². The standard InChI is InChI=1S/C11H12BrIO/c1-2-4-10(12)11(14)8-5-3-6-9(13)7-8/h3,5-7,10H,2,4H2,1H3. The van der Waals surface area contributed by atoms with Gasteiger partial charge >= 0.3 is 0 Å². The van der Waals surface area contributed by atoms with Crippen molar-refractivity contribution >= 4 is 44.3 Å². The summed E-state index contributed by atoms with van der Waals surface area (Å²) < 4.78 is 1.10. The lowest BCUT2D eigenvalue weighted by atomic mass is 10.1. The molecule has 1 nitrogen and oxygen atoms in total. The first-order chi connectivity index (χ1) is 6.65. The highest BCUT2D eigenvalue weighted by atomic mass is 127. The highest BCUT2D eigenvalue weighted by Gasteiger charge is 2.15. The van der Waals surface area contributed by atoms with Crippen molar-refractivity contribution in [3.63, 3.8) is 0 Å². The van der Waals surface area contributed by atoms with Gasteiger partial charge in [-0.2, -0.15) is 0 Å². The summed E-state index contributed by atoms with van der Waals surface area (Å²) in [5.41, 5.74) is 0.798. The number of rotatable bonds is 4. The Hall–Kier alpha value is 0.100. The summed E-state index contributed by atoms with van der Waals surface area (Å²) >= 11 is 5.63. The molecule has 1 aromatic rings. The molecule has 0 aliphatic heterocycles. The molecule has 0 fully saturated rings. The van der Waals surface area contributed by atoms with Crippen LogP contribution in [-0.4, -0.2) is 10.6 Å². The first-order valence-corrected chi connectivity index (χ1v) is 6.58. The minimum Gasteiger partial charge on any atom is -0.293 e. The number of carbonyl (C=O) groups is 1. The number of carbonyl (C=O) groups excluding carboxylic acids is 1. The Morgan fingerprint density at radius 1 is 1.57 bits per heavy atom. The van der Waals surface area contributed by atoms with Gasteiger partial charge in [0.25, 0.3) is 0 Å². The van der Waals surface area contributed by atoms with Gasteiger partial charge in [-0.05, 0) is 41.1 Å². The van der Waals surface area contributed by atoms with Crippen LogP contribution in [0.3, 0.4) is 0 Å². The predicted molar refractivity (Wildman–Crippen MR) is 71.1 cm³/mol. The fourth-order valence-electron chi connectivity index (χ4n) is 1.21. The smallest absolute Gasteiger partial charge is 0.176 e. The summed E-state index contributed by atoms with van der Waals surface area (Å²) in [6, 6.07) is 7.70. The van der Waals surface area contributed by atoms with Crippen molar-refractivity contribution in [1.82, 2.24) is 0 Å². The molecule has 0 aliphatic carbocycles. The topological polar surface area (TPSA) is 17.1 Å². The monoisotopic (exact) mass is 366 g/mol. The SMILES string of the molecule is CCCC(Br)C(=O)c1cccc(I)c1. The van der Waals surface area contributed by atoms with E-state index in [4.69, 9.17) is 0 Å². The van der Waals surface area contributed by atoms with Gasteiger partial charge in [-0.25, -0.2) is 0 Å². The van der Waals surface area contributed by atoms with Crippen molar-refractivity contribution in [2.24, 2.45) is 0 Å². The number of alkyl halides is 1. The van der Waals surface area contributed by atoms with Gasteiger partial charge in [-0.15, -0.1) is 0 Å². The second-order valence-electron chi connectivity index (χ2n) is 3.13.